The third-order valence-corrected chi connectivity index (χ3v) is 3.32. The second kappa shape index (κ2) is 4.60. The number of aryl methyl sites for hydroxylation is 1. The SMILES string of the molecule is CCc1cc(NC(C)C2CCC2)ncn1. The van der Waals surface area contributed by atoms with Crippen LogP contribution in [0.5, 0.6) is 0 Å². The van der Waals surface area contributed by atoms with Gasteiger partial charge in [0.1, 0.15) is 12.1 Å². The number of hydrogen-bond acceptors (Lipinski definition) is 3. The van der Waals surface area contributed by atoms with Crippen molar-refractivity contribution in [3.63, 3.8) is 0 Å². The molecule has 0 aliphatic heterocycles. The molecule has 0 amide bonds. The molecule has 1 heterocycles. The van der Waals surface area contributed by atoms with Gasteiger partial charge in [-0.3, -0.25) is 0 Å². The Morgan fingerprint density at radius 1 is 1.47 bits per heavy atom. The van der Waals surface area contributed by atoms with Gasteiger partial charge in [-0.05, 0) is 32.1 Å². The lowest BCUT2D eigenvalue weighted by Gasteiger charge is -2.32. The van der Waals surface area contributed by atoms with Crippen molar-refractivity contribution in [2.45, 2.75) is 45.6 Å². The summed E-state index contributed by atoms with van der Waals surface area (Å²) in [4.78, 5) is 8.44. The summed E-state index contributed by atoms with van der Waals surface area (Å²) in [6.45, 7) is 4.36. The largest absolute Gasteiger partial charge is 0.367 e. The van der Waals surface area contributed by atoms with Gasteiger partial charge in [0.15, 0.2) is 0 Å². The molecule has 1 saturated carbocycles. The molecule has 0 bridgehead atoms. The fourth-order valence-electron chi connectivity index (χ4n) is 1.96. The number of rotatable bonds is 4. The van der Waals surface area contributed by atoms with Crippen LogP contribution in [0.4, 0.5) is 5.82 Å². The van der Waals surface area contributed by atoms with Gasteiger partial charge in [-0.15, -0.1) is 0 Å². The molecule has 1 aromatic rings. The molecule has 3 heteroatoms. The lowest BCUT2D eigenvalue weighted by Crippen LogP contribution is -2.31. The fourth-order valence-corrected chi connectivity index (χ4v) is 1.96. The second-order valence-electron chi connectivity index (χ2n) is 4.37. The van der Waals surface area contributed by atoms with Crippen LogP contribution in [-0.4, -0.2) is 16.0 Å². The van der Waals surface area contributed by atoms with Crippen molar-refractivity contribution in [3.05, 3.63) is 18.1 Å². The Hall–Kier alpha value is -1.12. The molecule has 1 atom stereocenters. The van der Waals surface area contributed by atoms with Gasteiger partial charge in [-0.1, -0.05) is 13.3 Å². The van der Waals surface area contributed by atoms with Crippen LogP contribution in [0.15, 0.2) is 12.4 Å². The summed E-state index contributed by atoms with van der Waals surface area (Å²) in [6, 6.07) is 2.59. The minimum atomic E-state index is 0.540. The summed E-state index contributed by atoms with van der Waals surface area (Å²) in [5.74, 6) is 1.81. The van der Waals surface area contributed by atoms with Crippen molar-refractivity contribution < 1.29 is 0 Å². The third-order valence-electron chi connectivity index (χ3n) is 3.32. The van der Waals surface area contributed by atoms with Gasteiger partial charge in [0.2, 0.25) is 0 Å². The monoisotopic (exact) mass is 205 g/mol. The van der Waals surface area contributed by atoms with E-state index in [1.54, 1.807) is 6.33 Å². The van der Waals surface area contributed by atoms with Gasteiger partial charge < -0.3 is 5.32 Å². The Labute approximate surface area is 91.3 Å². The Morgan fingerprint density at radius 3 is 2.87 bits per heavy atom. The summed E-state index contributed by atoms with van der Waals surface area (Å²) in [5.41, 5.74) is 1.10. The van der Waals surface area contributed by atoms with Crippen LogP contribution in [-0.2, 0) is 6.42 Å². The van der Waals surface area contributed by atoms with Gasteiger partial charge in [-0.25, -0.2) is 9.97 Å². The highest BCUT2D eigenvalue weighted by Gasteiger charge is 2.23. The zero-order chi connectivity index (χ0) is 10.7. The van der Waals surface area contributed by atoms with Crippen molar-refractivity contribution in [2.75, 3.05) is 5.32 Å². The minimum absolute atomic E-state index is 0.540. The van der Waals surface area contributed by atoms with Crippen molar-refractivity contribution in [2.24, 2.45) is 5.92 Å². The predicted molar refractivity (Wildman–Crippen MR) is 61.8 cm³/mol. The van der Waals surface area contributed by atoms with Crippen molar-refractivity contribution in [1.82, 2.24) is 9.97 Å². The summed E-state index contributed by atoms with van der Waals surface area (Å²) < 4.78 is 0. The summed E-state index contributed by atoms with van der Waals surface area (Å²) >= 11 is 0. The van der Waals surface area contributed by atoms with E-state index in [1.165, 1.54) is 19.3 Å². The standard InChI is InChI=1S/C12H19N3/c1-3-11-7-12(14-8-13-11)15-9(2)10-5-4-6-10/h7-10H,3-6H2,1-2H3,(H,13,14,15). The molecule has 15 heavy (non-hydrogen) atoms. The van der Waals surface area contributed by atoms with Crippen LogP contribution in [0, 0.1) is 5.92 Å². The highest BCUT2D eigenvalue weighted by molar-refractivity contribution is 5.36. The Kier molecular flexibility index (Phi) is 3.19. The fraction of sp³-hybridized carbons (Fsp3) is 0.667. The lowest BCUT2D eigenvalue weighted by molar-refractivity contribution is 0.285. The van der Waals surface area contributed by atoms with Gasteiger partial charge >= 0.3 is 0 Å². The Morgan fingerprint density at radius 2 is 2.27 bits per heavy atom. The summed E-state index contributed by atoms with van der Waals surface area (Å²) in [7, 11) is 0. The average molecular weight is 205 g/mol. The first kappa shape index (κ1) is 10.4. The van der Waals surface area contributed by atoms with E-state index in [2.05, 4.69) is 35.2 Å². The molecule has 1 fully saturated rings. The van der Waals surface area contributed by atoms with Gasteiger partial charge in [-0.2, -0.15) is 0 Å². The highest BCUT2D eigenvalue weighted by atomic mass is 15.0. The van der Waals surface area contributed by atoms with Gasteiger partial charge in [0, 0.05) is 17.8 Å². The molecular formula is C12H19N3. The summed E-state index contributed by atoms with van der Waals surface area (Å²) in [5, 5.41) is 3.47. The van der Waals surface area contributed by atoms with E-state index in [-0.39, 0.29) is 0 Å². The third kappa shape index (κ3) is 2.46. The number of hydrogen-bond donors (Lipinski definition) is 1. The molecule has 0 aromatic carbocycles. The van der Waals surface area contributed by atoms with Crippen LogP contribution in [0.2, 0.25) is 0 Å². The molecule has 3 nitrogen and oxygen atoms in total. The second-order valence-corrected chi connectivity index (χ2v) is 4.37. The maximum absolute atomic E-state index is 4.25. The summed E-state index contributed by atoms with van der Waals surface area (Å²) in [6.07, 6.45) is 6.73. The zero-order valence-electron chi connectivity index (χ0n) is 9.53. The first-order chi connectivity index (χ1) is 7.29. The van der Waals surface area contributed by atoms with Crippen LogP contribution in [0.1, 0.15) is 38.8 Å². The first-order valence-corrected chi connectivity index (χ1v) is 5.87. The van der Waals surface area contributed by atoms with E-state index in [9.17, 15) is 0 Å². The average Bonchev–Trinajstić information content (AvgIpc) is 2.15. The molecule has 82 valence electrons. The minimum Gasteiger partial charge on any atom is -0.367 e. The van der Waals surface area contributed by atoms with Crippen molar-refractivity contribution >= 4 is 5.82 Å². The van der Waals surface area contributed by atoms with Crippen LogP contribution in [0.25, 0.3) is 0 Å². The topological polar surface area (TPSA) is 37.8 Å². The molecule has 1 N–H and O–H groups in total. The zero-order valence-corrected chi connectivity index (χ0v) is 9.53. The van der Waals surface area contributed by atoms with Crippen LogP contribution in [0.3, 0.4) is 0 Å². The molecule has 0 saturated heterocycles. The Balaban J connectivity index is 1.96. The number of nitrogens with one attached hydrogen (secondary N) is 1. The molecule has 2 rings (SSSR count). The van der Waals surface area contributed by atoms with Crippen molar-refractivity contribution in [1.29, 1.82) is 0 Å². The van der Waals surface area contributed by atoms with E-state index in [0.717, 1.165) is 23.9 Å². The number of aromatic nitrogens is 2. The smallest absolute Gasteiger partial charge is 0.129 e. The number of nitrogens with zero attached hydrogens (tertiary/aromatic N) is 2. The normalized spacial score (nSPS) is 18.3. The van der Waals surface area contributed by atoms with E-state index in [0.29, 0.717) is 6.04 Å². The maximum Gasteiger partial charge on any atom is 0.129 e. The molecular weight excluding hydrogens is 186 g/mol. The van der Waals surface area contributed by atoms with E-state index in [1.807, 2.05) is 0 Å². The highest BCUT2D eigenvalue weighted by Crippen LogP contribution is 2.30. The maximum atomic E-state index is 4.25. The lowest BCUT2D eigenvalue weighted by atomic mass is 9.80. The quantitative estimate of drug-likeness (QED) is 0.821. The number of anilines is 1. The molecule has 1 aromatic heterocycles. The predicted octanol–water partition coefficient (Wildman–Crippen LogP) is 2.64. The van der Waals surface area contributed by atoms with E-state index >= 15 is 0 Å². The van der Waals surface area contributed by atoms with E-state index < -0.39 is 0 Å². The van der Waals surface area contributed by atoms with Crippen LogP contribution < -0.4 is 5.32 Å². The Bertz CT molecular complexity index is 320. The molecule has 1 aliphatic carbocycles. The van der Waals surface area contributed by atoms with Gasteiger partial charge in [0.05, 0.1) is 0 Å². The molecule has 1 unspecified atom stereocenters. The molecule has 0 spiro atoms. The van der Waals surface area contributed by atoms with Crippen LogP contribution >= 0.6 is 0 Å². The van der Waals surface area contributed by atoms with Gasteiger partial charge in [0.25, 0.3) is 0 Å². The van der Waals surface area contributed by atoms with E-state index in [4.69, 9.17) is 0 Å². The molecule has 0 radical (unpaired) electrons. The van der Waals surface area contributed by atoms with Crippen molar-refractivity contribution in [3.8, 4) is 0 Å². The first-order valence-electron chi connectivity index (χ1n) is 5.87. The molecule has 1 aliphatic rings.